The van der Waals surface area contributed by atoms with E-state index in [4.69, 9.17) is 23.2 Å². The topological polar surface area (TPSA) is 17.8 Å². The smallest absolute Gasteiger partial charge is 0.129 e. The quantitative estimate of drug-likeness (QED) is 0.618. The van der Waals surface area contributed by atoms with Gasteiger partial charge in [-0.15, -0.1) is 11.6 Å². The largest absolute Gasteiger partial charge is 0.295 e. The maximum atomic E-state index is 13.5. The number of nitrogens with zero attached hydrogens (tertiary/aromatic N) is 2. The molecular weight excluding hydrogens is 298 g/mol. The van der Waals surface area contributed by atoms with Gasteiger partial charge in [0, 0.05) is 11.1 Å². The van der Waals surface area contributed by atoms with Gasteiger partial charge in [0.05, 0.1) is 22.6 Å². The van der Waals surface area contributed by atoms with Crippen LogP contribution in [0.1, 0.15) is 11.4 Å². The molecule has 20 heavy (non-hydrogen) atoms. The van der Waals surface area contributed by atoms with Gasteiger partial charge in [0.25, 0.3) is 0 Å². The van der Waals surface area contributed by atoms with Crippen molar-refractivity contribution in [2.24, 2.45) is 0 Å². The minimum Gasteiger partial charge on any atom is -0.295 e. The van der Waals surface area contributed by atoms with E-state index in [2.05, 4.69) is 4.98 Å². The molecule has 0 fully saturated rings. The molecule has 0 radical (unpaired) electrons. The molecule has 0 atom stereocenters. The second-order valence-corrected chi connectivity index (χ2v) is 5.26. The summed E-state index contributed by atoms with van der Waals surface area (Å²) < 4.78 is 15.4. The van der Waals surface area contributed by atoms with Crippen LogP contribution in [0.2, 0.25) is 5.02 Å². The maximum absolute atomic E-state index is 13.5. The van der Waals surface area contributed by atoms with Gasteiger partial charge in [0.1, 0.15) is 11.6 Å². The van der Waals surface area contributed by atoms with Crippen molar-refractivity contribution in [2.45, 2.75) is 12.8 Å². The Hall–Kier alpha value is -1.58. The van der Waals surface area contributed by atoms with Crippen molar-refractivity contribution in [3.8, 4) is 5.69 Å². The van der Waals surface area contributed by atoms with Gasteiger partial charge in [-0.2, -0.15) is 0 Å². The molecule has 3 aromatic rings. The molecule has 1 heterocycles. The van der Waals surface area contributed by atoms with Gasteiger partial charge in [0.2, 0.25) is 0 Å². The summed E-state index contributed by atoms with van der Waals surface area (Å²) in [6, 6.07) is 10.1. The standard InChI is InChI=1S/C15H11Cl2FN2/c1-9-2-3-10(17)6-13(9)20-14-7-11(18)4-5-12(14)19-15(20)8-16/h2-7H,8H2,1H3. The van der Waals surface area contributed by atoms with Gasteiger partial charge < -0.3 is 0 Å². The Morgan fingerprint density at radius 1 is 1.20 bits per heavy atom. The fourth-order valence-corrected chi connectivity index (χ4v) is 2.63. The van der Waals surface area contributed by atoms with Crippen molar-refractivity contribution in [1.29, 1.82) is 0 Å². The van der Waals surface area contributed by atoms with Gasteiger partial charge in [-0.25, -0.2) is 9.37 Å². The summed E-state index contributed by atoms with van der Waals surface area (Å²) in [7, 11) is 0. The molecule has 3 rings (SSSR count). The lowest BCUT2D eigenvalue weighted by Gasteiger charge is -2.11. The van der Waals surface area contributed by atoms with Crippen molar-refractivity contribution in [2.75, 3.05) is 0 Å². The molecule has 102 valence electrons. The van der Waals surface area contributed by atoms with Gasteiger partial charge >= 0.3 is 0 Å². The van der Waals surface area contributed by atoms with E-state index in [1.54, 1.807) is 6.07 Å². The van der Waals surface area contributed by atoms with Crippen LogP contribution in [-0.2, 0) is 5.88 Å². The van der Waals surface area contributed by atoms with Gasteiger partial charge in [-0.1, -0.05) is 17.7 Å². The Morgan fingerprint density at radius 2 is 2.00 bits per heavy atom. The molecule has 5 heteroatoms. The minimum atomic E-state index is -0.306. The fraction of sp³-hybridized carbons (Fsp3) is 0.133. The molecule has 0 bridgehead atoms. The van der Waals surface area contributed by atoms with E-state index in [1.807, 2.05) is 29.7 Å². The second-order valence-electron chi connectivity index (χ2n) is 4.56. The number of hydrogen-bond donors (Lipinski definition) is 0. The zero-order valence-corrected chi connectivity index (χ0v) is 12.2. The summed E-state index contributed by atoms with van der Waals surface area (Å²) in [6.45, 7) is 1.97. The van der Waals surface area contributed by atoms with E-state index in [0.29, 0.717) is 21.9 Å². The molecule has 0 unspecified atom stereocenters. The average molecular weight is 309 g/mol. The monoisotopic (exact) mass is 308 g/mol. The Morgan fingerprint density at radius 3 is 2.75 bits per heavy atom. The third kappa shape index (κ3) is 2.17. The van der Waals surface area contributed by atoms with Crippen LogP contribution in [0.3, 0.4) is 0 Å². The third-order valence-corrected chi connectivity index (χ3v) is 3.69. The van der Waals surface area contributed by atoms with Crippen LogP contribution < -0.4 is 0 Å². The van der Waals surface area contributed by atoms with E-state index < -0.39 is 0 Å². The van der Waals surface area contributed by atoms with E-state index in [1.165, 1.54) is 12.1 Å². The Kier molecular flexibility index (Phi) is 3.40. The van der Waals surface area contributed by atoms with Crippen LogP contribution >= 0.6 is 23.2 Å². The second kappa shape index (κ2) is 5.08. The Bertz CT molecular complexity index is 796. The number of rotatable bonds is 2. The molecule has 2 nitrogen and oxygen atoms in total. The Balaban J connectivity index is 2.39. The lowest BCUT2D eigenvalue weighted by molar-refractivity contribution is 0.629. The first kappa shape index (κ1) is 13.4. The zero-order valence-electron chi connectivity index (χ0n) is 10.7. The summed E-state index contributed by atoms with van der Waals surface area (Å²) >= 11 is 12.0. The molecule has 0 aliphatic rings. The number of benzene rings is 2. The van der Waals surface area contributed by atoms with Crippen LogP contribution in [-0.4, -0.2) is 9.55 Å². The summed E-state index contributed by atoms with van der Waals surface area (Å²) in [5, 5.41) is 0.615. The van der Waals surface area contributed by atoms with Crippen molar-refractivity contribution in [3.05, 3.63) is 58.6 Å². The summed E-state index contributed by atoms with van der Waals surface area (Å²) in [5.74, 6) is 0.597. The first-order valence-electron chi connectivity index (χ1n) is 6.09. The highest BCUT2D eigenvalue weighted by atomic mass is 35.5. The van der Waals surface area contributed by atoms with Crippen molar-refractivity contribution in [1.82, 2.24) is 9.55 Å². The number of fused-ring (bicyclic) bond motifs is 1. The average Bonchev–Trinajstić information content (AvgIpc) is 2.79. The van der Waals surface area contributed by atoms with Crippen LogP contribution in [0.5, 0.6) is 0 Å². The van der Waals surface area contributed by atoms with Crippen LogP contribution in [0.4, 0.5) is 4.39 Å². The lowest BCUT2D eigenvalue weighted by Crippen LogP contribution is -2.01. The molecule has 0 saturated heterocycles. The fourth-order valence-electron chi connectivity index (χ4n) is 2.28. The predicted octanol–water partition coefficient (Wildman–Crippen LogP) is 4.87. The number of halogens is 3. The SMILES string of the molecule is Cc1ccc(Cl)cc1-n1c(CCl)nc2ccc(F)cc21. The third-order valence-electron chi connectivity index (χ3n) is 3.22. The number of alkyl halides is 1. The molecule has 0 spiro atoms. The first-order chi connectivity index (χ1) is 9.60. The molecule has 2 aromatic carbocycles. The maximum Gasteiger partial charge on any atom is 0.129 e. The van der Waals surface area contributed by atoms with E-state index in [-0.39, 0.29) is 11.7 Å². The van der Waals surface area contributed by atoms with Crippen molar-refractivity contribution in [3.63, 3.8) is 0 Å². The highest BCUT2D eigenvalue weighted by Crippen LogP contribution is 2.27. The van der Waals surface area contributed by atoms with Crippen molar-refractivity contribution >= 4 is 34.2 Å². The summed E-state index contributed by atoms with van der Waals surface area (Å²) in [4.78, 5) is 4.44. The van der Waals surface area contributed by atoms with Crippen LogP contribution in [0, 0.1) is 12.7 Å². The van der Waals surface area contributed by atoms with Crippen LogP contribution in [0.25, 0.3) is 16.7 Å². The molecule has 0 saturated carbocycles. The molecule has 0 aliphatic carbocycles. The van der Waals surface area contributed by atoms with Crippen molar-refractivity contribution < 1.29 is 4.39 Å². The van der Waals surface area contributed by atoms with Gasteiger partial charge in [-0.3, -0.25) is 4.57 Å². The predicted molar refractivity (Wildman–Crippen MR) is 80.3 cm³/mol. The minimum absolute atomic E-state index is 0.238. The number of aryl methyl sites for hydroxylation is 1. The highest BCUT2D eigenvalue weighted by Gasteiger charge is 2.14. The summed E-state index contributed by atoms with van der Waals surface area (Å²) in [6.07, 6.45) is 0. The van der Waals surface area contributed by atoms with Gasteiger partial charge in [0.15, 0.2) is 0 Å². The number of imidazole rings is 1. The van der Waals surface area contributed by atoms with E-state index in [9.17, 15) is 4.39 Å². The number of hydrogen-bond acceptors (Lipinski definition) is 1. The molecule has 0 amide bonds. The first-order valence-corrected chi connectivity index (χ1v) is 7.01. The van der Waals surface area contributed by atoms with E-state index in [0.717, 1.165) is 11.3 Å². The highest BCUT2D eigenvalue weighted by molar-refractivity contribution is 6.30. The van der Waals surface area contributed by atoms with Crippen LogP contribution in [0.15, 0.2) is 36.4 Å². The molecule has 0 aliphatic heterocycles. The van der Waals surface area contributed by atoms with E-state index >= 15 is 0 Å². The molecule has 0 N–H and O–H groups in total. The zero-order chi connectivity index (χ0) is 14.3. The molecular formula is C15H11Cl2FN2. The number of aromatic nitrogens is 2. The Labute approximate surface area is 125 Å². The normalized spacial score (nSPS) is 11.2. The summed E-state index contributed by atoms with van der Waals surface area (Å²) in [5.41, 5.74) is 3.28. The lowest BCUT2D eigenvalue weighted by atomic mass is 10.2. The van der Waals surface area contributed by atoms with Gasteiger partial charge in [-0.05, 0) is 36.8 Å². The molecule has 1 aromatic heterocycles.